The van der Waals surface area contributed by atoms with Gasteiger partial charge in [0.05, 0.1) is 0 Å². The van der Waals surface area contributed by atoms with Crippen molar-refractivity contribution in [1.29, 1.82) is 0 Å². The number of hydrogen-bond acceptors (Lipinski definition) is 5. The van der Waals surface area contributed by atoms with Crippen molar-refractivity contribution in [3.8, 4) is 5.75 Å². The van der Waals surface area contributed by atoms with Gasteiger partial charge >= 0.3 is 5.63 Å². The normalized spacial score (nSPS) is 10.6. The van der Waals surface area contributed by atoms with E-state index in [9.17, 15) is 9.59 Å². The molecule has 0 radical (unpaired) electrons. The second-order valence-electron chi connectivity index (χ2n) is 5.73. The first-order chi connectivity index (χ1) is 12.0. The van der Waals surface area contributed by atoms with Gasteiger partial charge in [0.1, 0.15) is 11.3 Å². The van der Waals surface area contributed by atoms with E-state index in [4.69, 9.17) is 9.15 Å². The lowest BCUT2D eigenvalue weighted by Gasteiger charge is -2.11. The summed E-state index contributed by atoms with van der Waals surface area (Å²) in [4.78, 5) is 27.5. The van der Waals surface area contributed by atoms with Crippen LogP contribution >= 0.6 is 0 Å². The van der Waals surface area contributed by atoms with Gasteiger partial charge in [0.2, 0.25) is 0 Å². The summed E-state index contributed by atoms with van der Waals surface area (Å²) < 4.78 is 10.9. The molecule has 0 fully saturated rings. The number of nitrogens with zero attached hydrogens (tertiary/aromatic N) is 1. The third-order valence-electron chi connectivity index (χ3n) is 3.92. The molecule has 0 spiro atoms. The highest BCUT2D eigenvalue weighted by molar-refractivity contribution is 5.85. The summed E-state index contributed by atoms with van der Waals surface area (Å²) in [5.74, 6) is 0.280. The van der Waals surface area contributed by atoms with E-state index in [2.05, 4.69) is 10.3 Å². The first-order valence-corrected chi connectivity index (χ1v) is 7.87. The average molecular weight is 338 g/mol. The number of pyridine rings is 1. The minimum absolute atomic E-state index is 0.118. The van der Waals surface area contributed by atoms with Crippen LogP contribution in [0, 0.1) is 13.8 Å². The number of fused-ring (bicyclic) bond motifs is 1. The van der Waals surface area contributed by atoms with Crippen LogP contribution < -0.4 is 15.7 Å². The first-order valence-electron chi connectivity index (χ1n) is 7.87. The minimum Gasteiger partial charge on any atom is -0.483 e. The average Bonchev–Trinajstić information content (AvgIpc) is 2.61. The maximum atomic E-state index is 11.9. The molecule has 2 aromatic heterocycles. The van der Waals surface area contributed by atoms with E-state index in [0.717, 1.165) is 16.5 Å². The van der Waals surface area contributed by atoms with Crippen molar-refractivity contribution < 1.29 is 13.9 Å². The molecule has 0 saturated carbocycles. The largest absolute Gasteiger partial charge is 0.483 e. The van der Waals surface area contributed by atoms with E-state index in [0.29, 0.717) is 23.4 Å². The van der Waals surface area contributed by atoms with Crippen molar-refractivity contribution in [3.05, 3.63) is 69.8 Å². The van der Waals surface area contributed by atoms with Crippen molar-refractivity contribution in [3.63, 3.8) is 0 Å². The third-order valence-corrected chi connectivity index (χ3v) is 3.92. The first kappa shape index (κ1) is 16.7. The molecular weight excluding hydrogens is 320 g/mol. The van der Waals surface area contributed by atoms with Crippen molar-refractivity contribution in [2.75, 3.05) is 6.61 Å². The molecule has 0 bridgehead atoms. The molecule has 6 nitrogen and oxygen atoms in total. The number of aromatic nitrogens is 1. The van der Waals surface area contributed by atoms with E-state index >= 15 is 0 Å². The monoisotopic (exact) mass is 338 g/mol. The Kier molecular flexibility index (Phi) is 4.79. The lowest BCUT2D eigenvalue weighted by molar-refractivity contribution is -0.123. The number of nitrogens with one attached hydrogen (secondary N) is 1. The Morgan fingerprint density at radius 1 is 1.20 bits per heavy atom. The van der Waals surface area contributed by atoms with Gasteiger partial charge in [-0.25, -0.2) is 4.79 Å². The SMILES string of the molecule is Cc1cc(=O)oc2c(C)c(OCC(=O)NCc3ccncc3)ccc12. The highest BCUT2D eigenvalue weighted by Crippen LogP contribution is 2.28. The van der Waals surface area contributed by atoms with Crippen molar-refractivity contribution in [2.24, 2.45) is 0 Å². The summed E-state index contributed by atoms with van der Waals surface area (Å²) in [6.45, 7) is 3.95. The zero-order valence-corrected chi connectivity index (χ0v) is 14.0. The Morgan fingerprint density at radius 2 is 1.96 bits per heavy atom. The van der Waals surface area contributed by atoms with Crippen LogP contribution in [-0.4, -0.2) is 17.5 Å². The van der Waals surface area contributed by atoms with Crippen LogP contribution in [0.4, 0.5) is 0 Å². The summed E-state index contributed by atoms with van der Waals surface area (Å²) in [5, 5.41) is 3.63. The van der Waals surface area contributed by atoms with Crippen LogP contribution in [-0.2, 0) is 11.3 Å². The van der Waals surface area contributed by atoms with Gasteiger partial charge in [-0.15, -0.1) is 0 Å². The summed E-state index contributed by atoms with van der Waals surface area (Å²) >= 11 is 0. The number of benzene rings is 1. The maximum Gasteiger partial charge on any atom is 0.336 e. The van der Waals surface area contributed by atoms with Gasteiger partial charge in [-0.1, -0.05) is 0 Å². The van der Waals surface area contributed by atoms with E-state index < -0.39 is 5.63 Å². The smallest absolute Gasteiger partial charge is 0.336 e. The molecule has 6 heteroatoms. The summed E-state index contributed by atoms with van der Waals surface area (Å²) in [6, 6.07) is 8.72. The van der Waals surface area contributed by atoms with E-state index in [1.165, 1.54) is 6.07 Å². The molecule has 2 heterocycles. The number of amides is 1. The summed E-state index contributed by atoms with van der Waals surface area (Å²) in [5.41, 5.74) is 2.58. The van der Waals surface area contributed by atoms with Gasteiger partial charge in [0.25, 0.3) is 5.91 Å². The number of ether oxygens (including phenoxy) is 1. The standard InChI is InChI=1S/C19H18N2O4/c1-12-9-18(23)25-19-13(2)16(4-3-15(12)19)24-11-17(22)21-10-14-5-7-20-8-6-14/h3-9H,10-11H2,1-2H3,(H,21,22). The fourth-order valence-electron chi connectivity index (χ4n) is 2.55. The number of carbonyl (C=O) groups excluding carboxylic acids is 1. The van der Waals surface area contributed by atoms with Gasteiger partial charge in [0, 0.05) is 36.0 Å². The molecule has 0 aliphatic carbocycles. The van der Waals surface area contributed by atoms with Crippen LogP contribution in [0.3, 0.4) is 0 Å². The molecule has 1 amide bonds. The van der Waals surface area contributed by atoms with Gasteiger partial charge < -0.3 is 14.5 Å². The van der Waals surface area contributed by atoms with Crippen molar-refractivity contribution >= 4 is 16.9 Å². The third kappa shape index (κ3) is 3.85. The molecule has 3 rings (SSSR count). The summed E-state index contributed by atoms with van der Waals surface area (Å²) in [6.07, 6.45) is 3.35. The Bertz CT molecular complexity index is 964. The second kappa shape index (κ2) is 7.17. The zero-order valence-electron chi connectivity index (χ0n) is 14.0. The van der Waals surface area contributed by atoms with E-state index in [1.54, 1.807) is 25.4 Å². The fourth-order valence-corrected chi connectivity index (χ4v) is 2.55. The minimum atomic E-state index is -0.402. The molecule has 0 saturated heterocycles. The lowest BCUT2D eigenvalue weighted by atomic mass is 10.1. The zero-order chi connectivity index (χ0) is 17.8. The number of carbonyl (C=O) groups is 1. The van der Waals surface area contributed by atoms with Crippen LogP contribution in [0.1, 0.15) is 16.7 Å². The fraction of sp³-hybridized carbons (Fsp3) is 0.211. The molecule has 3 aromatic rings. The highest BCUT2D eigenvalue weighted by atomic mass is 16.5. The molecule has 0 atom stereocenters. The van der Waals surface area contributed by atoms with E-state index in [-0.39, 0.29) is 12.5 Å². The Labute approximate surface area is 144 Å². The number of rotatable bonds is 5. The molecule has 25 heavy (non-hydrogen) atoms. The van der Waals surface area contributed by atoms with Crippen molar-refractivity contribution in [2.45, 2.75) is 20.4 Å². The predicted molar refractivity (Wildman–Crippen MR) is 93.5 cm³/mol. The number of aryl methyl sites for hydroxylation is 2. The summed E-state index contributed by atoms with van der Waals surface area (Å²) in [7, 11) is 0. The molecule has 0 aliphatic heterocycles. The van der Waals surface area contributed by atoms with E-state index in [1.807, 2.05) is 25.1 Å². The Balaban J connectivity index is 1.68. The van der Waals surface area contributed by atoms with Crippen LogP contribution in [0.15, 0.2) is 51.9 Å². The van der Waals surface area contributed by atoms with Gasteiger partial charge in [0.15, 0.2) is 6.61 Å². The number of hydrogen-bond donors (Lipinski definition) is 1. The van der Waals surface area contributed by atoms with Gasteiger partial charge in [-0.05, 0) is 49.2 Å². The molecule has 128 valence electrons. The Morgan fingerprint density at radius 3 is 2.72 bits per heavy atom. The molecule has 0 unspecified atom stereocenters. The quantitative estimate of drug-likeness (QED) is 0.723. The topological polar surface area (TPSA) is 81.4 Å². The molecular formula is C19H18N2O4. The van der Waals surface area contributed by atoms with Gasteiger partial charge in [-0.2, -0.15) is 0 Å². The van der Waals surface area contributed by atoms with Gasteiger partial charge in [-0.3, -0.25) is 9.78 Å². The van der Waals surface area contributed by atoms with Crippen molar-refractivity contribution in [1.82, 2.24) is 10.3 Å². The van der Waals surface area contributed by atoms with Crippen LogP contribution in [0.5, 0.6) is 5.75 Å². The van der Waals surface area contributed by atoms with Crippen LogP contribution in [0.2, 0.25) is 0 Å². The molecule has 1 aromatic carbocycles. The predicted octanol–water partition coefficient (Wildman–Crippen LogP) is 2.50. The Hall–Kier alpha value is -3.15. The molecule has 0 aliphatic rings. The second-order valence-corrected chi connectivity index (χ2v) is 5.73. The maximum absolute atomic E-state index is 11.9. The molecule has 1 N–H and O–H groups in total. The lowest BCUT2D eigenvalue weighted by Crippen LogP contribution is -2.28. The highest BCUT2D eigenvalue weighted by Gasteiger charge is 2.11. The van der Waals surface area contributed by atoms with Crippen LogP contribution in [0.25, 0.3) is 11.0 Å².